The lowest BCUT2D eigenvalue weighted by Crippen LogP contribution is -2.57. The Morgan fingerprint density at radius 3 is 2.51 bits per heavy atom. The maximum atomic E-state index is 14.7. The molecule has 2 fully saturated rings. The number of hydrogen-bond donors (Lipinski definition) is 0. The van der Waals surface area contributed by atoms with Crippen LogP contribution in [0.25, 0.3) is 28.1 Å². The molecule has 39 heavy (non-hydrogen) atoms. The molecular formula is C25H30F2N9O3+. The largest absolute Gasteiger partial charge is 0.458 e. The van der Waals surface area contributed by atoms with Crippen molar-refractivity contribution in [2.45, 2.75) is 20.0 Å². The Hall–Kier alpha value is -3.91. The van der Waals surface area contributed by atoms with Gasteiger partial charge in [0.15, 0.2) is 24.0 Å². The standard InChI is InChI=1S/C25H30F2N9O3/c1-15(2)22(37)34-13-16(14-34)39-25-29-19-20(32(25)3)30-23(31-21(19)33-9-11-38-12-10-33)35-18-8-6-5-7-17(18)28-24(35)36(4,26)27/h5-8,15-16H,9-14H2,1-4H3/q+1. The van der Waals surface area contributed by atoms with Crippen molar-refractivity contribution in [3.63, 3.8) is 0 Å². The van der Waals surface area contributed by atoms with Gasteiger partial charge in [-0.25, -0.2) is 4.57 Å². The average Bonchev–Trinajstić information content (AvgIpc) is 3.44. The second kappa shape index (κ2) is 9.38. The average molecular weight is 543 g/mol. The number of nitrogens with zero attached hydrogens (tertiary/aromatic N) is 9. The number of carbonyl (C=O) groups excluding carboxylic acids is 1. The summed E-state index contributed by atoms with van der Waals surface area (Å²) in [4.78, 5) is 31.9. The smallest absolute Gasteiger partial charge is 0.397 e. The molecule has 2 saturated heterocycles. The topological polar surface area (TPSA) is 103 Å². The van der Waals surface area contributed by atoms with Gasteiger partial charge in [-0.15, -0.1) is 0 Å². The van der Waals surface area contributed by atoms with E-state index in [2.05, 4.69) is 4.98 Å². The fourth-order valence-electron chi connectivity index (χ4n) is 4.90. The molecule has 12 nitrogen and oxygen atoms in total. The van der Waals surface area contributed by atoms with Gasteiger partial charge in [-0.3, -0.25) is 9.36 Å². The number of likely N-dealkylation sites (tertiary alicyclic amines) is 1. The fraction of sp³-hybridized carbons (Fsp3) is 0.480. The van der Waals surface area contributed by atoms with Crippen LogP contribution in [-0.4, -0.2) is 92.4 Å². The Morgan fingerprint density at radius 1 is 1.10 bits per heavy atom. The molecule has 0 atom stereocenters. The molecule has 0 saturated carbocycles. The number of quaternary nitrogens is 1. The molecule has 0 spiro atoms. The first-order chi connectivity index (χ1) is 18.6. The molecule has 2 aliphatic heterocycles. The van der Waals surface area contributed by atoms with E-state index in [9.17, 15) is 13.8 Å². The Kier molecular flexibility index (Phi) is 6.10. The van der Waals surface area contributed by atoms with Gasteiger partial charge in [-0.1, -0.05) is 26.0 Å². The molecule has 6 rings (SSSR count). The molecule has 0 bridgehead atoms. The lowest BCUT2D eigenvalue weighted by atomic mass is 10.1. The van der Waals surface area contributed by atoms with E-state index < -0.39 is 10.9 Å². The van der Waals surface area contributed by atoms with Crippen LogP contribution in [0.4, 0.5) is 20.7 Å². The summed E-state index contributed by atoms with van der Waals surface area (Å²) in [7, 11) is 2.51. The lowest BCUT2D eigenvalue weighted by Gasteiger charge is -2.39. The van der Waals surface area contributed by atoms with Crippen LogP contribution in [0.3, 0.4) is 0 Å². The van der Waals surface area contributed by atoms with Gasteiger partial charge in [-0.05, 0) is 12.1 Å². The van der Waals surface area contributed by atoms with E-state index in [0.29, 0.717) is 73.4 Å². The van der Waals surface area contributed by atoms with Crippen LogP contribution in [0.2, 0.25) is 0 Å². The number of rotatable bonds is 6. The number of hydrogen-bond acceptors (Lipinski definition) is 8. The van der Waals surface area contributed by atoms with Crippen LogP contribution in [0.5, 0.6) is 6.01 Å². The number of amides is 1. The highest BCUT2D eigenvalue weighted by Gasteiger charge is 2.38. The van der Waals surface area contributed by atoms with E-state index in [4.69, 9.17) is 24.4 Å². The highest BCUT2D eigenvalue weighted by Crippen LogP contribution is 2.34. The number of para-hydroxylation sites is 2. The Balaban J connectivity index is 1.46. The molecule has 206 valence electrons. The van der Waals surface area contributed by atoms with Crippen molar-refractivity contribution in [3.8, 4) is 12.0 Å². The summed E-state index contributed by atoms with van der Waals surface area (Å²) in [5.41, 5.74) is 1.80. The molecule has 1 amide bonds. The maximum absolute atomic E-state index is 14.7. The van der Waals surface area contributed by atoms with Crippen molar-refractivity contribution in [3.05, 3.63) is 24.3 Å². The minimum absolute atomic E-state index is 0.0549. The summed E-state index contributed by atoms with van der Waals surface area (Å²) in [6.45, 7) is 6.81. The first-order valence-corrected chi connectivity index (χ1v) is 12.9. The molecule has 4 aromatic rings. The van der Waals surface area contributed by atoms with Gasteiger partial charge in [0.1, 0.15) is 11.0 Å². The number of fused-ring (bicyclic) bond motifs is 2. The number of aryl methyl sites for hydroxylation is 1. The fourth-order valence-corrected chi connectivity index (χ4v) is 4.90. The first-order valence-electron chi connectivity index (χ1n) is 12.9. The first kappa shape index (κ1) is 25.4. The molecule has 14 heteroatoms. The van der Waals surface area contributed by atoms with Gasteiger partial charge in [0.05, 0.1) is 46.3 Å². The van der Waals surface area contributed by atoms with Crippen LogP contribution in [0.15, 0.2) is 24.3 Å². The molecule has 3 aromatic heterocycles. The predicted molar refractivity (Wildman–Crippen MR) is 140 cm³/mol. The number of ether oxygens (including phenoxy) is 2. The molecule has 0 aliphatic carbocycles. The summed E-state index contributed by atoms with van der Waals surface area (Å²) in [5, 5.41) is 0. The van der Waals surface area contributed by atoms with E-state index in [-0.39, 0.29) is 23.9 Å². The summed E-state index contributed by atoms with van der Waals surface area (Å²) >= 11 is 0. The SMILES string of the molecule is CC(C)C(=O)N1CC(Oc2nc3c(N4CCOCC4)nc(-n4c([N+](C)(F)F)nc5ccccc54)nc3n2C)C1. The Labute approximate surface area is 222 Å². The maximum Gasteiger partial charge on any atom is 0.397 e. The second-order valence-corrected chi connectivity index (χ2v) is 10.2. The molecule has 0 unspecified atom stereocenters. The predicted octanol–water partition coefficient (Wildman–Crippen LogP) is 2.49. The zero-order valence-corrected chi connectivity index (χ0v) is 22.2. The number of anilines is 1. The van der Waals surface area contributed by atoms with Crippen molar-refractivity contribution in [2.24, 2.45) is 13.0 Å². The lowest BCUT2D eigenvalue weighted by molar-refractivity contribution is -0.143. The molecule has 0 N–H and O–H groups in total. The van der Waals surface area contributed by atoms with Crippen LogP contribution < -0.4 is 14.6 Å². The Morgan fingerprint density at radius 2 is 1.82 bits per heavy atom. The van der Waals surface area contributed by atoms with Gasteiger partial charge in [-0.2, -0.15) is 19.9 Å². The minimum atomic E-state index is -2.50. The van der Waals surface area contributed by atoms with E-state index in [1.807, 2.05) is 18.7 Å². The molecule has 1 aromatic carbocycles. The van der Waals surface area contributed by atoms with Crippen molar-refractivity contribution < 1.29 is 23.2 Å². The van der Waals surface area contributed by atoms with Gasteiger partial charge in [0, 0.05) is 26.1 Å². The summed E-state index contributed by atoms with van der Waals surface area (Å²) in [5.74, 6) is 0.0551. The monoisotopic (exact) mass is 542 g/mol. The second-order valence-electron chi connectivity index (χ2n) is 10.2. The molecular weight excluding hydrogens is 512 g/mol. The number of benzene rings is 1. The number of carbonyl (C=O) groups is 1. The van der Waals surface area contributed by atoms with Gasteiger partial charge < -0.3 is 19.3 Å². The van der Waals surface area contributed by atoms with Gasteiger partial charge in [0.25, 0.3) is 6.01 Å². The summed E-state index contributed by atoms with van der Waals surface area (Å²) in [6.07, 6.45) is -0.206. The number of morpholine rings is 1. The van der Waals surface area contributed by atoms with Crippen LogP contribution in [0.1, 0.15) is 13.8 Å². The van der Waals surface area contributed by atoms with Crippen LogP contribution in [-0.2, 0) is 16.6 Å². The molecule has 5 heterocycles. The highest BCUT2D eigenvalue weighted by atomic mass is 19.4. The number of halogens is 2. The molecule has 2 aliphatic rings. The van der Waals surface area contributed by atoms with E-state index in [1.165, 1.54) is 4.57 Å². The van der Waals surface area contributed by atoms with Crippen molar-refractivity contribution >= 4 is 39.9 Å². The van der Waals surface area contributed by atoms with Gasteiger partial charge in [0.2, 0.25) is 11.9 Å². The molecule has 0 radical (unpaired) electrons. The summed E-state index contributed by atoms with van der Waals surface area (Å²) in [6, 6.07) is 7.21. The third-order valence-electron chi connectivity index (χ3n) is 6.98. The van der Waals surface area contributed by atoms with Crippen LogP contribution >= 0.6 is 0 Å². The zero-order chi connectivity index (χ0) is 27.5. The third kappa shape index (κ3) is 4.42. The zero-order valence-electron chi connectivity index (χ0n) is 22.2. The Bertz CT molecular complexity index is 1550. The van der Waals surface area contributed by atoms with Crippen molar-refractivity contribution in [1.82, 2.24) is 38.9 Å². The third-order valence-corrected chi connectivity index (χ3v) is 6.98. The highest BCUT2D eigenvalue weighted by molar-refractivity contribution is 5.87. The quantitative estimate of drug-likeness (QED) is 0.343. The van der Waals surface area contributed by atoms with E-state index in [0.717, 1.165) is 7.05 Å². The van der Waals surface area contributed by atoms with Crippen LogP contribution in [0, 0.1) is 5.92 Å². The van der Waals surface area contributed by atoms with Crippen molar-refractivity contribution in [2.75, 3.05) is 51.3 Å². The van der Waals surface area contributed by atoms with Crippen molar-refractivity contribution in [1.29, 1.82) is 0 Å². The van der Waals surface area contributed by atoms with Gasteiger partial charge >= 0.3 is 5.95 Å². The van der Waals surface area contributed by atoms with E-state index >= 15 is 0 Å². The summed E-state index contributed by atoms with van der Waals surface area (Å²) < 4.78 is 44.1. The number of aromatic nitrogens is 6. The normalized spacial score (nSPS) is 16.9. The van der Waals surface area contributed by atoms with E-state index in [1.54, 1.807) is 40.8 Å². The minimum Gasteiger partial charge on any atom is -0.458 e. The number of imidazole rings is 2.